The van der Waals surface area contributed by atoms with Gasteiger partial charge in [-0.1, -0.05) is 84.5 Å². The molecule has 0 saturated carbocycles. The molecule has 0 heterocycles. The van der Waals surface area contributed by atoms with Crippen molar-refractivity contribution >= 4 is 0 Å². The topological polar surface area (TPSA) is 38.7 Å². The number of aliphatic hydroxyl groups is 1. The molecular weight excluding hydrogens is 288 g/mol. The van der Waals surface area contributed by atoms with Gasteiger partial charge in [-0.05, 0) is 12.8 Å². The zero-order valence-electron chi connectivity index (χ0n) is 15.9. The Balaban J connectivity index is 3.61. The first-order valence-electron chi connectivity index (χ1n) is 10.1. The Morgan fingerprint density at radius 3 is 1.78 bits per heavy atom. The standard InChI is InChI=1S/C20H42O3/c1-3-5-7-8-9-10-11-13-15-20(14-12-6-4-2)23-19-18-22-17-16-21/h20-21H,3-19H2,1-2H3. The monoisotopic (exact) mass is 330 g/mol. The molecule has 140 valence electrons. The summed E-state index contributed by atoms with van der Waals surface area (Å²) in [4.78, 5) is 0. The van der Waals surface area contributed by atoms with Crippen molar-refractivity contribution in [3.05, 3.63) is 0 Å². The predicted molar refractivity (Wildman–Crippen MR) is 99.0 cm³/mol. The molecule has 0 radical (unpaired) electrons. The lowest BCUT2D eigenvalue weighted by Crippen LogP contribution is -2.17. The van der Waals surface area contributed by atoms with Crippen LogP contribution >= 0.6 is 0 Å². The lowest BCUT2D eigenvalue weighted by molar-refractivity contribution is -0.0100. The lowest BCUT2D eigenvalue weighted by atomic mass is 10.0. The second-order valence-corrected chi connectivity index (χ2v) is 6.59. The van der Waals surface area contributed by atoms with Crippen LogP contribution in [0.4, 0.5) is 0 Å². The van der Waals surface area contributed by atoms with Crippen molar-refractivity contribution in [1.29, 1.82) is 0 Å². The van der Waals surface area contributed by atoms with Crippen LogP contribution in [0.15, 0.2) is 0 Å². The summed E-state index contributed by atoms with van der Waals surface area (Å²) in [5, 5.41) is 8.69. The summed E-state index contributed by atoms with van der Waals surface area (Å²) in [6.45, 7) is 6.29. The fourth-order valence-electron chi connectivity index (χ4n) is 2.88. The van der Waals surface area contributed by atoms with Crippen LogP contribution in [0.5, 0.6) is 0 Å². The van der Waals surface area contributed by atoms with Gasteiger partial charge in [0.1, 0.15) is 0 Å². The van der Waals surface area contributed by atoms with E-state index in [4.69, 9.17) is 14.6 Å². The number of hydrogen-bond acceptors (Lipinski definition) is 3. The number of hydrogen-bond donors (Lipinski definition) is 1. The lowest BCUT2D eigenvalue weighted by Gasteiger charge is -2.18. The van der Waals surface area contributed by atoms with E-state index in [2.05, 4.69) is 13.8 Å². The van der Waals surface area contributed by atoms with Crippen LogP contribution in [0, 0.1) is 0 Å². The normalized spacial score (nSPS) is 12.7. The first-order chi connectivity index (χ1) is 11.3. The molecule has 0 saturated heterocycles. The largest absolute Gasteiger partial charge is 0.394 e. The molecule has 0 aromatic carbocycles. The Labute approximate surface area is 145 Å². The fraction of sp³-hybridized carbons (Fsp3) is 1.00. The third kappa shape index (κ3) is 18.1. The Bertz CT molecular complexity index is 209. The minimum Gasteiger partial charge on any atom is -0.394 e. The summed E-state index contributed by atoms with van der Waals surface area (Å²) in [5.74, 6) is 0. The number of rotatable bonds is 19. The third-order valence-electron chi connectivity index (χ3n) is 4.33. The van der Waals surface area contributed by atoms with E-state index in [0.29, 0.717) is 25.9 Å². The molecule has 23 heavy (non-hydrogen) atoms. The molecule has 0 rings (SSSR count). The molecule has 0 aromatic heterocycles. The van der Waals surface area contributed by atoms with Crippen molar-refractivity contribution in [2.45, 2.75) is 103 Å². The molecule has 0 fully saturated rings. The molecule has 0 amide bonds. The average Bonchev–Trinajstić information content (AvgIpc) is 2.56. The van der Waals surface area contributed by atoms with Crippen molar-refractivity contribution in [3.8, 4) is 0 Å². The van der Waals surface area contributed by atoms with Crippen molar-refractivity contribution in [3.63, 3.8) is 0 Å². The number of aliphatic hydroxyl groups excluding tert-OH is 1. The van der Waals surface area contributed by atoms with Crippen LogP contribution in [0.2, 0.25) is 0 Å². The predicted octanol–water partition coefficient (Wildman–Crippen LogP) is 5.49. The summed E-state index contributed by atoms with van der Waals surface area (Å²) in [5.41, 5.74) is 0. The Kier molecular flexibility index (Phi) is 19.8. The van der Waals surface area contributed by atoms with E-state index in [0.717, 1.165) is 0 Å². The van der Waals surface area contributed by atoms with Gasteiger partial charge < -0.3 is 14.6 Å². The summed E-state index contributed by atoms with van der Waals surface area (Å²) in [6, 6.07) is 0. The third-order valence-corrected chi connectivity index (χ3v) is 4.33. The van der Waals surface area contributed by atoms with Crippen molar-refractivity contribution < 1.29 is 14.6 Å². The molecule has 0 aromatic rings. The van der Waals surface area contributed by atoms with Gasteiger partial charge in [0.15, 0.2) is 0 Å². The fourth-order valence-corrected chi connectivity index (χ4v) is 2.88. The highest BCUT2D eigenvalue weighted by Crippen LogP contribution is 2.16. The van der Waals surface area contributed by atoms with Gasteiger partial charge in [-0.15, -0.1) is 0 Å². The molecule has 1 unspecified atom stereocenters. The van der Waals surface area contributed by atoms with Gasteiger partial charge >= 0.3 is 0 Å². The van der Waals surface area contributed by atoms with E-state index in [1.54, 1.807) is 0 Å². The maximum absolute atomic E-state index is 8.69. The number of ether oxygens (including phenoxy) is 2. The highest BCUT2D eigenvalue weighted by Gasteiger charge is 2.08. The molecular formula is C20H42O3. The van der Waals surface area contributed by atoms with Gasteiger partial charge in [0, 0.05) is 0 Å². The summed E-state index contributed by atoms with van der Waals surface area (Å²) >= 11 is 0. The van der Waals surface area contributed by atoms with Crippen molar-refractivity contribution in [2.24, 2.45) is 0 Å². The first kappa shape index (κ1) is 22.9. The molecule has 0 bridgehead atoms. The zero-order valence-corrected chi connectivity index (χ0v) is 15.9. The zero-order chi connectivity index (χ0) is 17.0. The van der Waals surface area contributed by atoms with E-state index in [9.17, 15) is 0 Å². The molecule has 0 spiro atoms. The van der Waals surface area contributed by atoms with Crippen molar-refractivity contribution in [1.82, 2.24) is 0 Å². The molecule has 0 aliphatic rings. The minimum absolute atomic E-state index is 0.0954. The van der Waals surface area contributed by atoms with Crippen LogP contribution in [-0.2, 0) is 9.47 Å². The van der Waals surface area contributed by atoms with Gasteiger partial charge in [-0.3, -0.25) is 0 Å². The Morgan fingerprint density at radius 2 is 1.17 bits per heavy atom. The minimum atomic E-state index is 0.0954. The quantitative estimate of drug-likeness (QED) is 0.318. The van der Waals surface area contributed by atoms with E-state index < -0.39 is 0 Å². The number of unbranched alkanes of at least 4 members (excludes halogenated alkanes) is 9. The van der Waals surface area contributed by atoms with Crippen LogP contribution in [0.3, 0.4) is 0 Å². The molecule has 1 atom stereocenters. The van der Waals surface area contributed by atoms with Crippen LogP contribution in [0.1, 0.15) is 97.3 Å². The molecule has 1 N–H and O–H groups in total. The Hall–Kier alpha value is -0.120. The van der Waals surface area contributed by atoms with Crippen LogP contribution < -0.4 is 0 Å². The van der Waals surface area contributed by atoms with Gasteiger partial charge in [0.2, 0.25) is 0 Å². The summed E-state index contributed by atoms with van der Waals surface area (Å²) < 4.78 is 11.3. The van der Waals surface area contributed by atoms with Crippen molar-refractivity contribution in [2.75, 3.05) is 26.4 Å². The van der Waals surface area contributed by atoms with E-state index >= 15 is 0 Å². The van der Waals surface area contributed by atoms with E-state index in [1.165, 1.54) is 83.5 Å². The van der Waals surface area contributed by atoms with Gasteiger partial charge in [-0.2, -0.15) is 0 Å². The van der Waals surface area contributed by atoms with Crippen LogP contribution in [0.25, 0.3) is 0 Å². The maximum atomic E-state index is 8.69. The van der Waals surface area contributed by atoms with Crippen LogP contribution in [-0.4, -0.2) is 37.6 Å². The first-order valence-corrected chi connectivity index (χ1v) is 10.1. The van der Waals surface area contributed by atoms with Gasteiger partial charge in [0.05, 0.1) is 32.5 Å². The smallest absolute Gasteiger partial charge is 0.0704 e. The van der Waals surface area contributed by atoms with E-state index in [-0.39, 0.29) is 6.61 Å². The highest BCUT2D eigenvalue weighted by atomic mass is 16.5. The molecule has 0 aliphatic heterocycles. The average molecular weight is 331 g/mol. The second kappa shape index (κ2) is 19.9. The Morgan fingerprint density at radius 1 is 0.652 bits per heavy atom. The molecule has 3 nitrogen and oxygen atoms in total. The van der Waals surface area contributed by atoms with E-state index in [1.807, 2.05) is 0 Å². The molecule has 3 heteroatoms. The SMILES string of the molecule is CCCCCCCCCCC(CCCCC)OCCOCCO. The summed E-state index contributed by atoms with van der Waals surface area (Å²) in [6.07, 6.45) is 17.6. The summed E-state index contributed by atoms with van der Waals surface area (Å²) in [7, 11) is 0. The molecule has 0 aliphatic carbocycles. The maximum Gasteiger partial charge on any atom is 0.0704 e. The van der Waals surface area contributed by atoms with Gasteiger partial charge in [0.25, 0.3) is 0 Å². The van der Waals surface area contributed by atoms with Gasteiger partial charge in [-0.25, -0.2) is 0 Å². The second-order valence-electron chi connectivity index (χ2n) is 6.59. The highest BCUT2D eigenvalue weighted by molar-refractivity contribution is 4.60.